The summed E-state index contributed by atoms with van der Waals surface area (Å²) in [6.07, 6.45) is 0. The second kappa shape index (κ2) is 6.09. The summed E-state index contributed by atoms with van der Waals surface area (Å²) in [5.74, 6) is 1.34. The molecule has 0 aromatic heterocycles. The monoisotopic (exact) mass is 267 g/mol. The Morgan fingerprint density at radius 2 is 1.90 bits per heavy atom. The molecule has 0 aliphatic heterocycles. The third-order valence-electron chi connectivity index (χ3n) is 2.82. The Morgan fingerprint density at radius 1 is 1.15 bits per heavy atom. The van der Waals surface area contributed by atoms with Crippen LogP contribution in [-0.2, 0) is 6.54 Å². The number of nitriles is 1. The van der Waals surface area contributed by atoms with E-state index in [1.807, 2.05) is 38.4 Å². The Balaban J connectivity index is 2.28. The van der Waals surface area contributed by atoms with Gasteiger partial charge in [0, 0.05) is 12.1 Å². The van der Waals surface area contributed by atoms with Crippen molar-refractivity contribution in [2.75, 3.05) is 19.8 Å². The molecular weight excluding hydrogens is 250 g/mol. The van der Waals surface area contributed by atoms with Crippen LogP contribution in [0.25, 0.3) is 0 Å². The predicted octanol–water partition coefficient (Wildman–Crippen LogP) is 2.99. The van der Waals surface area contributed by atoms with Crippen molar-refractivity contribution in [1.29, 1.82) is 5.26 Å². The van der Waals surface area contributed by atoms with Gasteiger partial charge in [0.1, 0.15) is 11.5 Å². The zero-order valence-electron chi connectivity index (χ0n) is 11.6. The summed E-state index contributed by atoms with van der Waals surface area (Å²) >= 11 is 0. The highest BCUT2D eigenvalue weighted by molar-refractivity contribution is 5.58. The van der Waals surface area contributed by atoms with Gasteiger partial charge in [0.2, 0.25) is 0 Å². The molecule has 0 aliphatic rings. The number of para-hydroxylation sites is 1. The average Bonchev–Trinajstić information content (AvgIpc) is 2.42. The minimum Gasteiger partial charge on any atom is -0.455 e. The molecule has 0 saturated heterocycles. The molecule has 2 N–H and O–H groups in total. The molecule has 0 unspecified atom stereocenters. The van der Waals surface area contributed by atoms with Crippen molar-refractivity contribution in [3.8, 4) is 17.6 Å². The zero-order valence-corrected chi connectivity index (χ0v) is 11.6. The van der Waals surface area contributed by atoms with Crippen molar-refractivity contribution < 1.29 is 4.74 Å². The topological polar surface area (TPSA) is 62.3 Å². The zero-order chi connectivity index (χ0) is 14.5. The van der Waals surface area contributed by atoms with Crippen LogP contribution in [0.3, 0.4) is 0 Å². The van der Waals surface area contributed by atoms with Gasteiger partial charge in [-0.2, -0.15) is 5.26 Å². The Kier molecular flexibility index (Phi) is 4.24. The van der Waals surface area contributed by atoms with Crippen LogP contribution < -0.4 is 10.5 Å². The number of rotatable bonds is 4. The smallest absolute Gasteiger partial charge is 0.150 e. The average molecular weight is 267 g/mol. The van der Waals surface area contributed by atoms with E-state index in [-0.39, 0.29) is 0 Å². The maximum absolute atomic E-state index is 8.83. The maximum atomic E-state index is 8.83. The van der Waals surface area contributed by atoms with Gasteiger partial charge in [-0.25, -0.2) is 0 Å². The van der Waals surface area contributed by atoms with Crippen LogP contribution in [0, 0.1) is 11.3 Å². The van der Waals surface area contributed by atoms with Crippen molar-refractivity contribution in [2.45, 2.75) is 6.54 Å². The number of benzene rings is 2. The Hall–Kier alpha value is -2.51. The number of nitrogen functional groups attached to an aromatic ring is 1. The molecule has 2 rings (SSSR count). The maximum Gasteiger partial charge on any atom is 0.150 e. The van der Waals surface area contributed by atoms with Gasteiger partial charge < -0.3 is 15.4 Å². The number of hydrogen-bond acceptors (Lipinski definition) is 4. The van der Waals surface area contributed by atoms with Crippen LogP contribution in [0.1, 0.15) is 11.1 Å². The van der Waals surface area contributed by atoms with E-state index in [0.29, 0.717) is 17.0 Å². The molecule has 0 aliphatic carbocycles. The second-order valence-corrected chi connectivity index (χ2v) is 4.81. The van der Waals surface area contributed by atoms with E-state index in [4.69, 9.17) is 15.7 Å². The van der Waals surface area contributed by atoms with Gasteiger partial charge in [0.15, 0.2) is 0 Å². The summed E-state index contributed by atoms with van der Waals surface area (Å²) < 4.78 is 5.88. The molecule has 0 radical (unpaired) electrons. The third kappa shape index (κ3) is 3.28. The van der Waals surface area contributed by atoms with E-state index in [1.54, 1.807) is 18.2 Å². The van der Waals surface area contributed by atoms with Crippen LogP contribution in [0.2, 0.25) is 0 Å². The summed E-state index contributed by atoms with van der Waals surface area (Å²) in [6.45, 7) is 0.784. The van der Waals surface area contributed by atoms with Crippen molar-refractivity contribution in [3.05, 3.63) is 53.6 Å². The summed E-state index contributed by atoms with van der Waals surface area (Å²) in [6, 6.07) is 14.9. The molecule has 0 spiro atoms. The molecule has 102 valence electrons. The Morgan fingerprint density at radius 3 is 2.55 bits per heavy atom. The quantitative estimate of drug-likeness (QED) is 0.865. The van der Waals surface area contributed by atoms with E-state index in [2.05, 4.69) is 11.0 Å². The second-order valence-electron chi connectivity index (χ2n) is 4.81. The molecule has 0 bridgehead atoms. The lowest BCUT2D eigenvalue weighted by molar-refractivity contribution is 0.389. The van der Waals surface area contributed by atoms with E-state index in [1.165, 1.54) is 0 Å². The summed E-state index contributed by atoms with van der Waals surface area (Å²) in [4.78, 5) is 2.07. The molecular formula is C16H17N3O. The Bertz CT molecular complexity index is 644. The minimum absolute atomic E-state index is 0.462. The lowest BCUT2D eigenvalue weighted by Crippen LogP contribution is -2.11. The van der Waals surface area contributed by atoms with Crippen LogP contribution in [-0.4, -0.2) is 19.0 Å². The number of anilines is 1. The first-order chi connectivity index (χ1) is 9.60. The van der Waals surface area contributed by atoms with Gasteiger partial charge in [0.05, 0.1) is 17.3 Å². The first-order valence-corrected chi connectivity index (χ1v) is 6.30. The molecule has 2 aromatic carbocycles. The van der Waals surface area contributed by atoms with Crippen LogP contribution >= 0.6 is 0 Å². The highest BCUT2D eigenvalue weighted by Gasteiger charge is 2.08. The number of nitrogens with zero attached hydrogens (tertiary/aromatic N) is 2. The SMILES string of the molecule is CN(C)Cc1ccccc1Oc1ccc(C#N)cc1N. The van der Waals surface area contributed by atoms with E-state index < -0.39 is 0 Å². The Labute approximate surface area is 119 Å². The van der Waals surface area contributed by atoms with Crippen LogP contribution in [0.4, 0.5) is 5.69 Å². The van der Waals surface area contributed by atoms with Gasteiger partial charge in [-0.15, -0.1) is 0 Å². The molecule has 0 saturated carbocycles. The molecule has 4 heteroatoms. The van der Waals surface area contributed by atoms with Crippen molar-refractivity contribution in [1.82, 2.24) is 4.90 Å². The molecule has 0 heterocycles. The summed E-state index contributed by atoms with van der Waals surface area (Å²) in [5.41, 5.74) is 7.98. The number of hydrogen-bond donors (Lipinski definition) is 1. The van der Waals surface area contributed by atoms with Crippen LogP contribution in [0.15, 0.2) is 42.5 Å². The van der Waals surface area contributed by atoms with E-state index >= 15 is 0 Å². The first-order valence-electron chi connectivity index (χ1n) is 6.30. The summed E-state index contributed by atoms with van der Waals surface area (Å²) in [7, 11) is 4.01. The molecule has 0 amide bonds. The number of nitrogens with two attached hydrogens (primary N) is 1. The highest BCUT2D eigenvalue weighted by atomic mass is 16.5. The van der Waals surface area contributed by atoms with E-state index in [9.17, 15) is 0 Å². The fourth-order valence-corrected chi connectivity index (χ4v) is 1.90. The largest absolute Gasteiger partial charge is 0.455 e. The third-order valence-corrected chi connectivity index (χ3v) is 2.82. The fourth-order valence-electron chi connectivity index (χ4n) is 1.90. The van der Waals surface area contributed by atoms with Gasteiger partial charge in [0.25, 0.3) is 0 Å². The van der Waals surface area contributed by atoms with Crippen LogP contribution in [0.5, 0.6) is 11.5 Å². The van der Waals surface area contributed by atoms with Crippen molar-refractivity contribution >= 4 is 5.69 Å². The van der Waals surface area contributed by atoms with Gasteiger partial charge in [-0.05, 0) is 38.4 Å². The molecule has 0 atom stereocenters. The molecule has 20 heavy (non-hydrogen) atoms. The number of ether oxygens (including phenoxy) is 1. The summed E-state index contributed by atoms with van der Waals surface area (Å²) in [5, 5.41) is 8.83. The van der Waals surface area contributed by atoms with E-state index in [0.717, 1.165) is 17.9 Å². The normalized spacial score (nSPS) is 10.3. The molecule has 4 nitrogen and oxygen atoms in total. The lowest BCUT2D eigenvalue weighted by Gasteiger charge is -2.15. The standard InChI is InChI=1S/C16H17N3O/c1-19(2)11-13-5-3-4-6-15(13)20-16-8-7-12(10-17)9-14(16)18/h3-9H,11,18H2,1-2H3. The highest BCUT2D eigenvalue weighted by Crippen LogP contribution is 2.30. The molecule has 2 aromatic rings. The van der Waals surface area contributed by atoms with Crippen molar-refractivity contribution in [3.63, 3.8) is 0 Å². The minimum atomic E-state index is 0.462. The first kappa shape index (κ1) is 13.9. The molecule has 0 fully saturated rings. The van der Waals surface area contributed by atoms with Crippen molar-refractivity contribution in [2.24, 2.45) is 0 Å². The lowest BCUT2D eigenvalue weighted by atomic mass is 10.2. The predicted molar refractivity (Wildman–Crippen MR) is 79.5 cm³/mol. The van der Waals surface area contributed by atoms with Gasteiger partial charge in [-0.3, -0.25) is 0 Å². The fraction of sp³-hybridized carbons (Fsp3) is 0.188. The van der Waals surface area contributed by atoms with Gasteiger partial charge in [-0.1, -0.05) is 18.2 Å². The van der Waals surface area contributed by atoms with Gasteiger partial charge >= 0.3 is 0 Å².